The zero-order valence-corrected chi connectivity index (χ0v) is 27.4. The fourth-order valence-electron chi connectivity index (χ4n) is 4.78. The molecule has 0 bridgehead atoms. The maximum Gasteiger partial charge on any atom is 0.408 e. The molecular formula is C34H51N3O4S. The number of benzene rings is 2. The van der Waals surface area contributed by atoms with Crippen LogP contribution < -0.4 is 10.6 Å². The number of ether oxygens (including phenoxy) is 1. The van der Waals surface area contributed by atoms with Crippen molar-refractivity contribution < 1.29 is 19.1 Å². The molecule has 0 aliphatic carbocycles. The summed E-state index contributed by atoms with van der Waals surface area (Å²) in [5, 5.41) is 5.93. The lowest BCUT2D eigenvalue weighted by Crippen LogP contribution is -2.53. The van der Waals surface area contributed by atoms with E-state index in [4.69, 9.17) is 4.74 Å². The van der Waals surface area contributed by atoms with E-state index in [1.807, 2.05) is 68.6 Å². The molecule has 2 atom stereocenters. The smallest absolute Gasteiger partial charge is 0.408 e. The highest BCUT2D eigenvalue weighted by Gasteiger charge is 2.36. The number of carbonyl (C=O) groups excluding carboxylic acids is 3. The molecule has 8 heteroatoms. The average Bonchev–Trinajstić information content (AvgIpc) is 2.94. The molecule has 0 aromatic heterocycles. The summed E-state index contributed by atoms with van der Waals surface area (Å²) < 4.78 is 5.51. The Hall–Kier alpha value is -3.00. The van der Waals surface area contributed by atoms with Crippen LogP contribution in [-0.4, -0.2) is 53.0 Å². The van der Waals surface area contributed by atoms with Gasteiger partial charge in [-0.2, -0.15) is 11.8 Å². The molecule has 232 valence electrons. The van der Waals surface area contributed by atoms with Gasteiger partial charge < -0.3 is 20.3 Å². The minimum absolute atomic E-state index is 0.240. The molecule has 0 heterocycles. The van der Waals surface area contributed by atoms with Crippen LogP contribution >= 0.6 is 11.8 Å². The molecule has 3 amide bonds. The monoisotopic (exact) mass is 597 g/mol. The molecular weight excluding hydrogens is 546 g/mol. The molecule has 2 unspecified atom stereocenters. The number of nitrogens with one attached hydrogen (secondary N) is 2. The fourth-order valence-corrected chi connectivity index (χ4v) is 5.25. The normalized spacial score (nSPS) is 12.7. The van der Waals surface area contributed by atoms with Gasteiger partial charge in [-0.15, -0.1) is 0 Å². The largest absolute Gasteiger partial charge is 0.444 e. The zero-order valence-electron chi connectivity index (χ0n) is 26.6. The Kier molecular flexibility index (Phi) is 15.0. The molecule has 7 nitrogen and oxygen atoms in total. The number of carbonyl (C=O) groups is 3. The SMILES string of the molecule is CCCCCCCN(C(=O)C(CCSC)NC(=O)OC(C)(C)C)C(C(=O)NCc1ccccc1)c1cc(C)ccc1C. The number of thioether (sulfide) groups is 1. The molecule has 42 heavy (non-hydrogen) atoms. The van der Waals surface area contributed by atoms with Crippen molar-refractivity contribution in [2.75, 3.05) is 18.6 Å². The van der Waals surface area contributed by atoms with Crippen molar-refractivity contribution in [1.82, 2.24) is 15.5 Å². The van der Waals surface area contributed by atoms with Gasteiger partial charge in [0.2, 0.25) is 11.8 Å². The van der Waals surface area contributed by atoms with Crippen molar-refractivity contribution in [2.45, 2.75) is 104 Å². The summed E-state index contributed by atoms with van der Waals surface area (Å²) >= 11 is 1.61. The van der Waals surface area contributed by atoms with Gasteiger partial charge >= 0.3 is 6.09 Å². The quantitative estimate of drug-likeness (QED) is 0.202. The van der Waals surface area contributed by atoms with Crippen molar-refractivity contribution in [3.05, 3.63) is 70.8 Å². The Morgan fingerprint density at radius 3 is 2.31 bits per heavy atom. The molecule has 0 aliphatic heterocycles. The van der Waals surface area contributed by atoms with Gasteiger partial charge in [-0.3, -0.25) is 9.59 Å². The third-order valence-electron chi connectivity index (χ3n) is 6.98. The van der Waals surface area contributed by atoms with Gasteiger partial charge in [0.05, 0.1) is 0 Å². The molecule has 0 radical (unpaired) electrons. The first kappa shape index (κ1) is 35.2. The maximum absolute atomic E-state index is 14.4. The molecule has 2 rings (SSSR count). The first-order valence-corrected chi connectivity index (χ1v) is 16.5. The summed E-state index contributed by atoms with van der Waals surface area (Å²) in [6.45, 7) is 12.3. The van der Waals surface area contributed by atoms with Gasteiger partial charge in [-0.05, 0) is 76.2 Å². The Morgan fingerprint density at radius 2 is 1.67 bits per heavy atom. The van der Waals surface area contributed by atoms with Crippen LogP contribution in [0.15, 0.2) is 48.5 Å². The van der Waals surface area contributed by atoms with Crippen molar-refractivity contribution >= 4 is 29.7 Å². The van der Waals surface area contributed by atoms with Crippen molar-refractivity contribution in [3.63, 3.8) is 0 Å². The molecule has 0 saturated heterocycles. The van der Waals surface area contributed by atoms with E-state index in [2.05, 4.69) is 17.6 Å². The Bertz CT molecular complexity index is 1130. The van der Waals surface area contributed by atoms with E-state index in [-0.39, 0.29) is 11.8 Å². The Labute approximate surface area is 257 Å². The summed E-state index contributed by atoms with van der Waals surface area (Å²) in [4.78, 5) is 43.0. The molecule has 2 N–H and O–H groups in total. The summed E-state index contributed by atoms with van der Waals surface area (Å²) in [5.41, 5.74) is 3.02. The van der Waals surface area contributed by atoms with Crippen molar-refractivity contribution in [1.29, 1.82) is 0 Å². The van der Waals surface area contributed by atoms with E-state index >= 15 is 0 Å². The van der Waals surface area contributed by atoms with Gasteiger partial charge in [0.1, 0.15) is 17.7 Å². The number of amides is 3. The third kappa shape index (κ3) is 12.1. The van der Waals surface area contributed by atoms with Gasteiger partial charge in [-0.1, -0.05) is 86.7 Å². The van der Waals surface area contributed by atoms with Crippen LogP contribution in [0, 0.1) is 13.8 Å². The number of unbranched alkanes of at least 4 members (excludes halogenated alkanes) is 4. The first-order valence-electron chi connectivity index (χ1n) is 15.1. The highest BCUT2D eigenvalue weighted by atomic mass is 32.2. The highest BCUT2D eigenvalue weighted by molar-refractivity contribution is 7.98. The zero-order chi connectivity index (χ0) is 31.1. The Morgan fingerprint density at radius 1 is 0.976 bits per heavy atom. The van der Waals surface area contributed by atoms with E-state index in [0.29, 0.717) is 25.3 Å². The lowest BCUT2D eigenvalue weighted by molar-refractivity contribution is -0.142. The minimum atomic E-state index is -0.843. The number of rotatable bonds is 16. The standard InChI is InChI=1S/C34H51N3O4S/c1-8-9-10-11-15-21-37(32(39)29(20-22-42-7)36-33(40)41-34(4,5)6)30(28-23-25(2)18-19-26(28)3)31(38)35-24-27-16-13-12-14-17-27/h12-14,16-19,23,29-30H,8-11,15,20-22,24H2,1-7H3,(H,35,38)(H,36,40). The third-order valence-corrected chi connectivity index (χ3v) is 7.63. The van der Waals surface area contributed by atoms with Gasteiger partial charge in [0.15, 0.2) is 0 Å². The van der Waals surface area contributed by atoms with Crippen LogP contribution in [0.1, 0.15) is 94.5 Å². The van der Waals surface area contributed by atoms with Gasteiger partial charge in [-0.25, -0.2) is 4.79 Å². The predicted octanol–water partition coefficient (Wildman–Crippen LogP) is 7.11. The van der Waals surface area contributed by atoms with Crippen molar-refractivity contribution in [2.24, 2.45) is 0 Å². The fraction of sp³-hybridized carbons (Fsp3) is 0.559. The van der Waals surface area contributed by atoms with Crippen LogP contribution in [0.4, 0.5) is 4.79 Å². The molecule has 2 aromatic carbocycles. The number of alkyl carbamates (subject to hydrolysis) is 1. The molecule has 0 aliphatic rings. The highest BCUT2D eigenvalue weighted by Crippen LogP contribution is 2.28. The lowest BCUT2D eigenvalue weighted by Gasteiger charge is -2.35. The second kappa shape index (κ2) is 17.8. The number of aryl methyl sites for hydroxylation is 2. The van der Waals surface area contributed by atoms with Crippen molar-refractivity contribution in [3.8, 4) is 0 Å². The average molecular weight is 598 g/mol. The number of hydrogen-bond acceptors (Lipinski definition) is 5. The minimum Gasteiger partial charge on any atom is -0.444 e. The van der Waals surface area contributed by atoms with E-state index in [1.165, 1.54) is 0 Å². The van der Waals surface area contributed by atoms with E-state index < -0.39 is 23.8 Å². The van der Waals surface area contributed by atoms with Crippen LogP contribution in [0.2, 0.25) is 0 Å². The summed E-state index contributed by atoms with van der Waals surface area (Å²) in [6.07, 6.45) is 6.79. The van der Waals surface area contributed by atoms with E-state index in [1.54, 1.807) is 37.4 Å². The van der Waals surface area contributed by atoms with Gasteiger partial charge in [0.25, 0.3) is 0 Å². The summed E-state index contributed by atoms with van der Waals surface area (Å²) in [7, 11) is 0. The molecule has 0 fully saturated rings. The van der Waals surface area contributed by atoms with Crippen LogP contribution in [0.25, 0.3) is 0 Å². The topological polar surface area (TPSA) is 87.7 Å². The lowest BCUT2D eigenvalue weighted by atomic mass is 9.95. The molecule has 0 spiro atoms. The van der Waals surface area contributed by atoms with Crippen LogP contribution in [-0.2, 0) is 20.9 Å². The molecule has 0 saturated carbocycles. The second-order valence-electron chi connectivity index (χ2n) is 11.9. The van der Waals surface area contributed by atoms with E-state index in [0.717, 1.165) is 54.4 Å². The first-order chi connectivity index (χ1) is 20.0. The molecule has 2 aromatic rings. The van der Waals surface area contributed by atoms with Gasteiger partial charge in [0, 0.05) is 13.1 Å². The van der Waals surface area contributed by atoms with E-state index in [9.17, 15) is 14.4 Å². The predicted molar refractivity (Wildman–Crippen MR) is 174 cm³/mol. The number of hydrogen-bond donors (Lipinski definition) is 2. The summed E-state index contributed by atoms with van der Waals surface area (Å²) in [5.74, 6) is 0.159. The Balaban J connectivity index is 2.51. The van der Waals surface area contributed by atoms with Crippen LogP contribution in [0.3, 0.4) is 0 Å². The summed E-state index contributed by atoms with van der Waals surface area (Å²) in [6, 6.07) is 14.1. The maximum atomic E-state index is 14.4. The second-order valence-corrected chi connectivity index (χ2v) is 12.9. The number of nitrogens with zero attached hydrogens (tertiary/aromatic N) is 1. The van der Waals surface area contributed by atoms with Crippen LogP contribution in [0.5, 0.6) is 0 Å².